The maximum absolute atomic E-state index is 5.83. The van der Waals surface area contributed by atoms with Crippen molar-refractivity contribution >= 4 is 141 Å². The maximum atomic E-state index is 5.83. The molecule has 18 rings (SSSR count). The second kappa shape index (κ2) is 22.6. The number of aromatic nitrogens is 2. The zero-order chi connectivity index (χ0) is 59.4. The van der Waals surface area contributed by atoms with Gasteiger partial charge in [-0.05, 0) is 196 Å². The molecule has 0 aliphatic carbocycles. The summed E-state index contributed by atoms with van der Waals surface area (Å²) in [5, 5.41) is 24.4. The molecule has 2 heterocycles. The van der Waals surface area contributed by atoms with E-state index in [1.807, 2.05) is 12.1 Å². The van der Waals surface area contributed by atoms with Crippen molar-refractivity contribution in [2.24, 2.45) is 0 Å². The molecule has 0 aliphatic heterocycles. The van der Waals surface area contributed by atoms with E-state index in [0.29, 0.717) is 0 Å². The molecule has 0 saturated carbocycles. The first kappa shape index (κ1) is 53.2. The third-order valence-electron chi connectivity index (χ3n) is 17.6. The number of nitrogens with two attached hydrogens (primary N) is 1. The average molecular weight is 1200 g/mol. The Kier molecular flexibility index (Phi) is 13.5. The van der Waals surface area contributed by atoms with Crippen LogP contribution in [0.3, 0.4) is 0 Å². The highest BCUT2D eigenvalue weighted by atomic mass is 79.9. The second-order valence-corrected chi connectivity index (χ2v) is 23.7. The van der Waals surface area contributed by atoms with Crippen molar-refractivity contribution in [2.75, 3.05) is 11.1 Å². The van der Waals surface area contributed by atoms with E-state index in [1.54, 1.807) is 0 Å². The number of benzene rings is 16. The fraction of sp³-hybridized carbons (Fsp3) is 0. The van der Waals surface area contributed by atoms with Crippen molar-refractivity contribution in [1.82, 2.24) is 9.13 Å². The van der Waals surface area contributed by atoms with Crippen molar-refractivity contribution in [2.45, 2.75) is 0 Å². The minimum Gasteiger partial charge on any atom is -0.399 e. The summed E-state index contributed by atoms with van der Waals surface area (Å²) in [6, 6.07) is 117. The third-order valence-corrected chi connectivity index (χ3v) is 18.1. The number of hydrogen-bond donors (Lipinski definition) is 2. The van der Waals surface area contributed by atoms with Gasteiger partial charge in [0.25, 0.3) is 0 Å². The van der Waals surface area contributed by atoms with E-state index in [4.69, 9.17) is 5.73 Å². The topological polar surface area (TPSA) is 47.9 Å². The number of nitrogens with zero attached hydrogens (tertiary/aromatic N) is 2. The average Bonchev–Trinajstić information content (AvgIpc) is 2.31. The monoisotopic (exact) mass is 1200 g/mol. The second-order valence-electron chi connectivity index (χ2n) is 22.8. The summed E-state index contributed by atoms with van der Waals surface area (Å²) in [6.07, 6.45) is 0. The molecule has 0 saturated heterocycles. The highest BCUT2D eigenvalue weighted by Gasteiger charge is 2.16. The van der Waals surface area contributed by atoms with Crippen molar-refractivity contribution in [1.29, 1.82) is 0 Å². The molecule has 0 bridgehead atoms. The first-order chi connectivity index (χ1) is 44.0. The maximum Gasteiger partial charge on any atom is 0.0541 e. The number of anilines is 3. The summed E-state index contributed by atoms with van der Waals surface area (Å²) in [5.41, 5.74) is 20.8. The van der Waals surface area contributed by atoms with Crippen LogP contribution in [0.1, 0.15) is 0 Å². The third kappa shape index (κ3) is 9.66. The molecule has 420 valence electrons. The predicted molar refractivity (Wildman–Crippen MR) is 386 cm³/mol. The first-order valence-electron chi connectivity index (χ1n) is 30.2. The highest BCUT2D eigenvalue weighted by molar-refractivity contribution is 9.10. The molecule has 4 nitrogen and oxygen atoms in total. The van der Waals surface area contributed by atoms with E-state index in [-0.39, 0.29) is 0 Å². The molecular formula is C84H57BrN4. The number of nitrogen functional groups attached to an aromatic ring is 1. The molecule has 89 heavy (non-hydrogen) atoms. The molecule has 0 atom stereocenters. The Hall–Kier alpha value is -11.2. The number of hydrogen-bond acceptors (Lipinski definition) is 2. The molecule has 0 unspecified atom stereocenters. The first-order valence-corrected chi connectivity index (χ1v) is 31.0. The van der Waals surface area contributed by atoms with Gasteiger partial charge in [0.2, 0.25) is 0 Å². The number of nitrogens with one attached hydrogen (secondary N) is 1. The number of rotatable bonds is 6. The number of halogens is 1. The smallest absolute Gasteiger partial charge is 0.0541 e. The van der Waals surface area contributed by atoms with Gasteiger partial charge in [-0.25, -0.2) is 0 Å². The Balaban J connectivity index is 0.000000119. The molecule has 3 N–H and O–H groups in total. The highest BCUT2D eigenvalue weighted by Crippen LogP contribution is 2.41. The number of para-hydroxylation sites is 4. The van der Waals surface area contributed by atoms with Gasteiger partial charge in [-0.3, -0.25) is 0 Å². The number of fused-ring (bicyclic) bond motifs is 18. The Bertz CT molecular complexity index is 5640. The van der Waals surface area contributed by atoms with E-state index in [2.05, 4.69) is 346 Å². The van der Waals surface area contributed by atoms with Crippen LogP contribution in [0.2, 0.25) is 0 Å². The molecule has 2 aromatic heterocycles. The Labute approximate surface area is 523 Å². The summed E-state index contributed by atoms with van der Waals surface area (Å²) in [4.78, 5) is 0. The SMILES string of the molecule is Brc1ccc2c3ccccc3c3ccccc3c2c1.Nc1ccc(-c2ccc3c(c2)c2ccccc2n3-c2ccccc2)cc1.c1ccc(-n2c3ccccc3c3cc(-c4ccc(Nc5ccc6c7ccccc7c7ccccc7c6c5)cc4)ccc32)cc1. The molecular weight excluding hydrogens is 1140 g/mol. The van der Waals surface area contributed by atoms with Gasteiger partial charge in [0.15, 0.2) is 0 Å². The van der Waals surface area contributed by atoms with Crippen molar-refractivity contribution in [3.8, 4) is 33.6 Å². The largest absolute Gasteiger partial charge is 0.399 e. The molecule has 0 fully saturated rings. The van der Waals surface area contributed by atoms with Gasteiger partial charge in [-0.2, -0.15) is 0 Å². The molecule has 0 amide bonds. The van der Waals surface area contributed by atoms with Gasteiger partial charge in [-0.1, -0.05) is 234 Å². The zero-order valence-corrected chi connectivity index (χ0v) is 50.1. The lowest BCUT2D eigenvalue weighted by Gasteiger charge is -2.13. The minimum absolute atomic E-state index is 0.788. The molecule has 18 aromatic rings. The van der Waals surface area contributed by atoms with E-state index in [1.165, 1.54) is 142 Å². The lowest BCUT2D eigenvalue weighted by atomic mass is 9.94. The van der Waals surface area contributed by atoms with E-state index in [9.17, 15) is 0 Å². The fourth-order valence-electron chi connectivity index (χ4n) is 13.5. The summed E-state index contributed by atoms with van der Waals surface area (Å²) < 4.78 is 5.81. The zero-order valence-electron chi connectivity index (χ0n) is 48.5. The van der Waals surface area contributed by atoms with Crippen molar-refractivity contribution in [3.63, 3.8) is 0 Å². The molecule has 0 spiro atoms. The van der Waals surface area contributed by atoms with Crippen LogP contribution in [-0.4, -0.2) is 9.13 Å². The van der Waals surface area contributed by atoms with Crippen LogP contribution in [0, 0.1) is 0 Å². The van der Waals surface area contributed by atoms with Crippen LogP contribution < -0.4 is 11.1 Å². The lowest BCUT2D eigenvalue weighted by molar-refractivity contribution is 1.18. The van der Waals surface area contributed by atoms with Gasteiger partial charge in [0.05, 0.1) is 22.1 Å². The molecule has 16 aromatic carbocycles. The van der Waals surface area contributed by atoms with E-state index >= 15 is 0 Å². The van der Waals surface area contributed by atoms with Gasteiger partial charge >= 0.3 is 0 Å². The van der Waals surface area contributed by atoms with Crippen LogP contribution in [0.5, 0.6) is 0 Å². The van der Waals surface area contributed by atoms with Crippen LogP contribution in [0.25, 0.3) is 142 Å². The summed E-state index contributed by atoms with van der Waals surface area (Å²) in [5.74, 6) is 0. The predicted octanol–water partition coefficient (Wildman–Crippen LogP) is 23.6. The van der Waals surface area contributed by atoms with Crippen molar-refractivity contribution in [3.05, 3.63) is 332 Å². The normalized spacial score (nSPS) is 11.5. The van der Waals surface area contributed by atoms with Crippen LogP contribution in [0.4, 0.5) is 17.1 Å². The summed E-state index contributed by atoms with van der Waals surface area (Å²) >= 11 is 3.58. The molecule has 0 aliphatic rings. The van der Waals surface area contributed by atoms with Gasteiger partial charge < -0.3 is 20.2 Å². The Morgan fingerprint density at radius 1 is 0.225 bits per heavy atom. The summed E-state index contributed by atoms with van der Waals surface area (Å²) in [6.45, 7) is 0. The molecule has 0 radical (unpaired) electrons. The van der Waals surface area contributed by atoms with Crippen LogP contribution in [-0.2, 0) is 0 Å². The Morgan fingerprint density at radius 2 is 0.539 bits per heavy atom. The van der Waals surface area contributed by atoms with Gasteiger partial charge in [-0.15, -0.1) is 0 Å². The van der Waals surface area contributed by atoms with E-state index in [0.717, 1.165) is 21.5 Å². The molecule has 5 heteroatoms. The standard InChI is InChI=1S/C42H28N2.C24H18N2.C18H11Br/c1-2-10-32(11-3-1)44-41-17-9-8-16-38(41)40-26-29(20-25-42(40)44)28-18-21-30(22-19-28)43-31-23-24-37-35-14-5-4-12-33(35)34-13-6-7-15-36(34)39(37)27-31;25-19-13-10-17(11-14-19)18-12-15-24-22(16-18)21-8-4-5-9-23(21)26(24)20-6-2-1-3-7-20;19-12-9-10-17-15-7-2-1-5-13(15)14-6-3-4-8-16(14)18(17)11-12/h1-27,43H;1-16H,25H2;1-11H. The fourth-order valence-corrected chi connectivity index (χ4v) is 13.8. The van der Waals surface area contributed by atoms with Gasteiger partial charge in [0.1, 0.15) is 0 Å². The van der Waals surface area contributed by atoms with Gasteiger partial charge in [0, 0.05) is 54.5 Å². The van der Waals surface area contributed by atoms with E-state index < -0.39 is 0 Å². The van der Waals surface area contributed by atoms with Crippen LogP contribution >= 0.6 is 15.9 Å². The van der Waals surface area contributed by atoms with Crippen LogP contribution in [0.15, 0.2) is 332 Å². The summed E-state index contributed by atoms with van der Waals surface area (Å²) in [7, 11) is 0. The Morgan fingerprint density at radius 3 is 0.978 bits per heavy atom. The lowest BCUT2D eigenvalue weighted by Crippen LogP contribution is -1.93. The minimum atomic E-state index is 0.788. The quantitative estimate of drug-likeness (QED) is 0.129. The van der Waals surface area contributed by atoms with Crippen molar-refractivity contribution < 1.29 is 0 Å².